The van der Waals surface area contributed by atoms with E-state index < -0.39 is 0 Å². The van der Waals surface area contributed by atoms with E-state index in [0.717, 1.165) is 30.1 Å². The number of nitrogens with one attached hydrogen (secondary N) is 1. The molecule has 0 unspecified atom stereocenters. The summed E-state index contributed by atoms with van der Waals surface area (Å²) in [5.74, 6) is 1.13. The lowest BCUT2D eigenvalue weighted by Crippen LogP contribution is -2.20. The minimum Gasteiger partial charge on any atom is -0.409 e. The van der Waals surface area contributed by atoms with Gasteiger partial charge in [-0.3, -0.25) is 0 Å². The summed E-state index contributed by atoms with van der Waals surface area (Å²) in [7, 11) is 0. The van der Waals surface area contributed by atoms with Crippen LogP contribution in [0.5, 0.6) is 0 Å². The minimum atomic E-state index is 0.174. The summed E-state index contributed by atoms with van der Waals surface area (Å²) < 4.78 is 0. The van der Waals surface area contributed by atoms with Gasteiger partial charge in [-0.05, 0) is 30.9 Å². The summed E-state index contributed by atoms with van der Waals surface area (Å²) in [4.78, 5) is 0. The van der Waals surface area contributed by atoms with Crippen LogP contribution in [0.2, 0.25) is 0 Å². The molecule has 1 aliphatic carbocycles. The van der Waals surface area contributed by atoms with Crippen LogP contribution in [-0.2, 0) is 6.54 Å². The van der Waals surface area contributed by atoms with Crippen LogP contribution in [0.15, 0.2) is 29.4 Å². The van der Waals surface area contributed by atoms with Crippen molar-refractivity contribution in [2.24, 2.45) is 16.8 Å². The van der Waals surface area contributed by atoms with Crippen molar-refractivity contribution in [1.82, 2.24) is 5.32 Å². The summed E-state index contributed by atoms with van der Waals surface area (Å²) in [5.41, 5.74) is 7.56. The maximum Gasteiger partial charge on any atom is 0.170 e. The van der Waals surface area contributed by atoms with E-state index in [2.05, 4.69) is 10.5 Å². The second-order valence-electron chi connectivity index (χ2n) is 5.61. The standard InChI is InChI=1S/C16H25N3O/c17-16(19-20)15-10-4-3-9-14(15)12-18-11-5-8-13-6-1-2-7-13/h3-4,9-10,13,18,20H,1-2,5-8,11-12H2,(H2,17,19). The molecular weight excluding hydrogens is 250 g/mol. The van der Waals surface area contributed by atoms with Crippen LogP contribution in [0.4, 0.5) is 0 Å². The van der Waals surface area contributed by atoms with Crippen LogP contribution >= 0.6 is 0 Å². The fraction of sp³-hybridized carbons (Fsp3) is 0.562. The van der Waals surface area contributed by atoms with Gasteiger partial charge in [0.15, 0.2) is 5.84 Å². The maximum atomic E-state index is 8.79. The smallest absolute Gasteiger partial charge is 0.170 e. The van der Waals surface area contributed by atoms with Crippen molar-refractivity contribution in [3.63, 3.8) is 0 Å². The van der Waals surface area contributed by atoms with Crippen molar-refractivity contribution in [3.05, 3.63) is 35.4 Å². The highest BCUT2D eigenvalue weighted by molar-refractivity contribution is 5.98. The first-order chi connectivity index (χ1) is 9.81. The van der Waals surface area contributed by atoms with Crippen molar-refractivity contribution in [3.8, 4) is 0 Å². The lowest BCUT2D eigenvalue weighted by atomic mass is 10.0. The average Bonchev–Trinajstić information content (AvgIpc) is 3.00. The molecule has 0 bridgehead atoms. The topological polar surface area (TPSA) is 70.6 Å². The van der Waals surface area contributed by atoms with Crippen LogP contribution in [0.3, 0.4) is 0 Å². The molecule has 20 heavy (non-hydrogen) atoms. The fourth-order valence-electron chi connectivity index (χ4n) is 3.02. The zero-order valence-electron chi connectivity index (χ0n) is 12.0. The van der Waals surface area contributed by atoms with Gasteiger partial charge in [-0.2, -0.15) is 0 Å². The highest BCUT2D eigenvalue weighted by Crippen LogP contribution is 2.28. The Morgan fingerprint density at radius 2 is 2.05 bits per heavy atom. The molecule has 2 rings (SSSR count). The molecule has 1 aromatic rings. The number of hydrogen-bond acceptors (Lipinski definition) is 3. The molecule has 0 amide bonds. The van der Waals surface area contributed by atoms with Gasteiger partial charge in [0.25, 0.3) is 0 Å². The molecule has 4 nitrogen and oxygen atoms in total. The molecule has 0 saturated heterocycles. The highest BCUT2D eigenvalue weighted by atomic mass is 16.4. The number of benzene rings is 1. The number of rotatable bonds is 7. The third kappa shape index (κ3) is 4.23. The summed E-state index contributed by atoms with van der Waals surface area (Å²) in [6, 6.07) is 7.77. The lowest BCUT2D eigenvalue weighted by molar-refractivity contribution is 0.318. The lowest BCUT2D eigenvalue weighted by Gasteiger charge is -2.11. The van der Waals surface area contributed by atoms with Gasteiger partial charge >= 0.3 is 0 Å². The Morgan fingerprint density at radius 3 is 2.80 bits per heavy atom. The van der Waals surface area contributed by atoms with Crippen LogP contribution in [0, 0.1) is 5.92 Å². The first-order valence-electron chi connectivity index (χ1n) is 7.58. The van der Waals surface area contributed by atoms with E-state index in [9.17, 15) is 0 Å². The summed E-state index contributed by atoms with van der Waals surface area (Å²) >= 11 is 0. The van der Waals surface area contributed by atoms with Gasteiger partial charge in [0.1, 0.15) is 0 Å². The summed E-state index contributed by atoms with van der Waals surface area (Å²) in [6.07, 6.45) is 8.26. The first-order valence-corrected chi connectivity index (χ1v) is 7.58. The van der Waals surface area contributed by atoms with Crippen molar-refractivity contribution in [2.75, 3.05) is 6.54 Å². The predicted octanol–water partition coefficient (Wildman–Crippen LogP) is 2.84. The Hall–Kier alpha value is -1.55. The van der Waals surface area contributed by atoms with Gasteiger partial charge in [-0.15, -0.1) is 0 Å². The Morgan fingerprint density at radius 1 is 1.30 bits per heavy atom. The van der Waals surface area contributed by atoms with Gasteiger partial charge in [0, 0.05) is 12.1 Å². The number of oxime groups is 1. The first kappa shape index (κ1) is 14.9. The fourth-order valence-corrected chi connectivity index (χ4v) is 3.02. The zero-order valence-corrected chi connectivity index (χ0v) is 12.0. The number of amidine groups is 1. The molecule has 110 valence electrons. The molecule has 0 heterocycles. The normalized spacial score (nSPS) is 16.7. The molecule has 0 spiro atoms. The third-order valence-electron chi connectivity index (χ3n) is 4.16. The van der Waals surface area contributed by atoms with E-state index in [4.69, 9.17) is 10.9 Å². The van der Waals surface area contributed by atoms with E-state index in [0.29, 0.717) is 0 Å². The van der Waals surface area contributed by atoms with Crippen molar-refractivity contribution in [2.45, 2.75) is 45.1 Å². The summed E-state index contributed by atoms with van der Waals surface area (Å²) in [5, 5.41) is 15.3. The minimum absolute atomic E-state index is 0.174. The SMILES string of the molecule is N/C(=N/O)c1ccccc1CNCCCC1CCCC1. The Labute approximate surface area is 121 Å². The van der Waals surface area contributed by atoms with Crippen molar-refractivity contribution >= 4 is 5.84 Å². The van der Waals surface area contributed by atoms with Gasteiger partial charge in [-0.25, -0.2) is 0 Å². The predicted molar refractivity (Wildman–Crippen MR) is 81.9 cm³/mol. The molecule has 1 aromatic carbocycles. The Kier molecular flexibility index (Phi) is 5.87. The largest absolute Gasteiger partial charge is 0.409 e. The number of hydrogen-bond donors (Lipinski definition) is 3. The second kappa shape index (κ2) is 7.90. The molecule has 4 N–H and O–H groups in total. The Balaban J connectivity index is 1.73. The van der Waals surface area contributed by atoms with E-state index in [1.54, 1.807) is 0 Å². The average molecular weight is 275 g/mol. The zero-order chi connectivity index (χ0) is 14.2. The monoisotopic (exact) mass is 275 g/mol. The van der Waals surface area contributed by atoms with E-state index in [1.807, 2.05) is 24.3 Å². The number of nitrogens with two attached hydrogens (primary N) is 1. The molecule has 1 aliphatic rings. The van der Waals surface area contributed by atoms with Crippen LogP contribution in [0.1, 0.15) is 49.7 Å². The van der Waals surface area contributed by atoms with E-state index in [1.165, 1.54) is 38.5 Å². The molecule has 0 aliphatic heterocycles. The van der Waals surface area contributed by atoms with Gasteiger partial charge in [-0.1, -0.05) is 55.1 Å². The van der Waals surface area contributed by atoms with E-state index in [-0.39, 0.29) is 5.84 Å². The molecule has 1 saturated carbocycles. The second-order valence-corrected chi connectivity index (χ2v) is 5.61. The van der Waals surface area contributed by atoms with Crippen molar-refractivity contribution < 1.29 is 5.21 Å². The summed E-state index contributed by atoms with van der Waals surface area (Å²) in [6.45, 7) is 1.79. The van der Waals surface area contributed by atoms with Gasteiger partial charge in [0.2, 0.25) is 0 Å². The van der Waals surface area contributed by atoms with Crippen LogP contribution < -0.4 is 11.1 Å². The highest BCUT2D eigenvalue weighted by Gasteiger charge is 2.13. The molecule has 0 aromatic heterocycles. The molecular formula is C16H25N3O. The van der Waals surface area contributed by atoms with Gasteiger partial charge in [0.05, 0.1) is 0 Å². The van der Waals surface area contributed by atoms with Crippen LogP contribution in [-0.4, -0.2) is 17.6 Å². The quantitative estimate of drug-likeness (QED) is 0.235. The van der Waals surface area contributed by atoms with E-state index >= 15 is 0 Å². The maximum absolute atomic E-state index is 8.79. The molecule has 4 heteroatoms. The molecule has 0 atom stereocenters. The molecule has 0 radical (unpaired) electrons. The van der Waals surface area contributed by atoms with Crippen molar-refractivity contribution in [1.29, 1.82) is 0 Å². The third-order valence-corrected chi connectivity index (χ3v) is 4.16. The van der Waals surface area contributed by atoms with Crippen LogP contribution in [0.25, 0.3) is 0 Å². The Bertz CT molecular complexity index is 439. The number of nitrogens with zero attached hydrogens (tertiary/aromatic N) is 1. The molecule has 1 fully saturated rings. The van der Waals surface area contributed by atoms with Gasteiger partial charge < -0.3 is 16.3 Å².